The van der Waals surface area contributed by atoms with Crippen LogP contribution in [0.5, 0.6) is 0 Å². The van der Waals surface area contributed by atoms with Gasteiger partial charge in [-0.3, -0.25) is 0 Å². The molecular weight excluding hydrogens is 331 g/mol. The number of halogens is 3. The number of piperidine rings is 1. The maximum atomic E-state index is 12.9. The molecule has 3 aliphatic heterocycles. The predicted octanol–water partition coefficient (Wildman–Crippen LogP) is 2.97. The lowest BCUT2D eigenvalue weighted by atomic mass is 9.87. The Morgan fingerprint density at radius 2 is 1.80 bits per heavy atom. The van der Waals surface area contributed by atoms with Crippen LogP contribution in [-0.2, 0) is 6.18 Å². The Morgan fingerprint density at radius 3 is 2.48 bits per heavy atom. The van der Waals surface area contributed by atoms with Gasteiger partial charge in [0.25, 0.3) is 0 Å². The summed E-state index contributed by atoms with van der Waals surface area (Å²) in [4.78, 5) is 16.6. The van der Waals surface area contributed by atoms with Crippen molar-refractivity contribution >= 4 is 11.6 Å². The molecule has 3 saturated heterocycles. The normalized spacial score (nSPS) is 22.8. The number of aromatic nitrogens is 3. The molecule has 132 valence electrons. The smallest absolute Gasteiger partial charge is 0.352 e. The number of nitrogens with zero attached hydrogens (tertiary/aromatic N) is 5. The first-order chi connectivity index (χ1) is 11.8. The molecule has 0 radical (unpaired) electrons. The molecule has 5 nitrogen and oxygen atoms in total. The Balaban J connectivity index is 1.56. The molecule has 0 aromatic carbocycles. The second-order valence-electron chi connectivity index (χ2n) is 6.64. The van der Waals surface area contributed by atoms with Crippen LogP contribution in [0.15, 0.2) is 24.5 Å². The largest absolute Gasteiger partial charge is 0.433 e. The number of alkyl halides is 3. The molecule has 0 amide bonds. The highest BCUT2D eigenvalue weighted by Crippen LogP contribution is 2.39. The number of rotatable bonds is 2. The molecule has 25 heavy (non-hydrogen) atoms. The quantitative estimate of drug-likeness (QED) is 0.834. The fourth-order valence-electron chi connectivity index (χ4n) is 3.73. The summed E-state index contributed by atoms with van der Waals surface area (Å²) in [5, 5.41) is 0. The second-order valence-corrected chi connectivity index (χ2v) is 6.64. The SMILES string of the molecule is Cc1ncnc(N2CC3CC(C2)N3c2cccc(C(F)(F)F)n2)c1C. The van der Waals surface area contributed by atoms with Crippen molar-refractivity contribution in [1.82, 2.24) is 15.0 Å². The van der Waals surface area contributed by atoms with E-state index in [1.165, 1.54) is 6.07 Å². The fraction of sp³-hybridized carbons (Fsp3) is 0.471. The lowest BCUT2D eigenvalue weighted by Crippen LogP contribution is -2.69. The highest BCUT2D eigenvalue weighted by atomic mass is 19.4. The van der Waals surface area contributed by atoms with Gasteiger partial charge in [-0.2, -0.15) is 13.2 Å². The average Bonchev–Trinajstić information content (AvgIpc) is 2.57. The zero-order valence-corrected chi connectivity index (χ0v) is 14.0. The van der Waals surface area contributed by atoms with Gasteiger partial charge in [-0.15, -0.1) is 0 Å². The van der Waals surface area contributed by atoms with Gasteiger partial charge < -0.3 is 9.80 Å². The summed E-state index contributed by atoms with van der Waals surface area (Å²) < 4.78 is 38.7. The van der Waals surface area contributed by atoms with Gasteiger partial charge in [0.05, 0.1) is 12.1 Å². The molecule has 2 unspecified atom stereocenters. The number of aryl methyl sites for hydroxylation is 1. The number of hydrogen-bond donors (Lipinski definition) is 0. The Morgan fingerprint density at radius 1 is 1.08 bits per heavy atom. The van der Waals surface area contributed by atoms with Crippen molar-refractivity contribution < 1.29 is 13.2 Å². The Kier molecular flexibility index (Phi) is 3.59. The van der Waals surface area contributed by atoms with Gasteiger partial charge in [0.2, 0.25) is 0 Å². The lowest BCUT2D eigenvalue weighted by Gasteiger charge is -2.57. The number of pyridine rings is 1. The van der Waals surface area contributed by atoms with Gasteiger partial charge in [-0.1, -0.05) is 6.07 Å². The van der Waals surface area contributed by atoms with E-state index in [0.717, 1.165) is 42.7 Å². The van der Waals surface area contributed by atoms with E-state index in [2.05, 4.69) is 19.9 Å². The van der Waals surface area contributed by atoms with E-state index in [1.54, 1.807) is 12.4 Å². The van der Waals surface area contributed by atoms with Crippen LogP contribution < -0.4 is 9.80 Å². The standard InChI is InChI=1S/C17H18F3N5/c1-10-11(2)21-9-22-16(10)24-7-12-6-13(8-24)25(12)15-5-3-4-14(23-15)17(18,19)20/h3-5,9,12-13H,6-8H2,1-2H3. The third-order valence-electron chi connectivity index (χ3n) is 5.09. The molecular formula is C17H18F3N5. The highest BCUT2D eigenvalue weighted by molar-refractivity contribution is 5.55. The van der Waals surface area contributed by atoms with Gasteiger partial charge in [-0.05, 0) is 32.4 Å². The first-order valence-electron chi connectivity index (χ1n) is 8.20. The maximum Gasteiger partial charge on any atom is 0.433 e. The molecule has 5 rings (SSSR count). The van der Waals surface area contributed by atoms with E-state index in [1.807, 2.05) is 18.7 Å². The van der Waals surface area contributed by atoms with Crippen molar-refractivity contribution in [3.63, 3.8) is 0 Å². The summed E-state index contributed by atoms with van der Waals surface area (Å²) in [6, 6.07) is 4.41. The summed E-state index contributed by atoms with van der Waals surface area (Å²) in [6.45, 7) is 5.40. The van der Waals surface area contributed by atoms with Crippen LogP contribution in [0.1, 0.15) is 23.4 Å². The van der Waals surface area contributed by atoms with E-state index in [9.17, 15) is 13.2 Å². The van der Waals surface area contributed by atoms with Crippen LogP contribution in [0.4, 0.5) is 24.8 Å². The Bertz CT molecular complexity index is 795. The summed E-state index contributed by atoms with van der Waals surface area (Å²) in [7, 11) is 0. The molecule has 0 spiro atoms. The first kappa shape index (κ1) is 16.1. The van der Waals surface area contributed by atoms with Crippen LogP contribution in [0.2, 0.25) is 0 Å². The maximum absolute atomic E-state index is 12.9. The number of fused-ring (bicyclic) bond motifs is 2. The van der Waals surface area contributed by atoms with Crippen molar-refractivity contribution in [2.24, 2.45) is 0 Å². The molecule has 0 aliphatic carbocycles. The molecule has 8 heteroatoms. The summed E-state index contributed by atoms with van der Waals surface area (Å²) in [5.74, 6) is 1.32. The Hall–Kier alpha value is -2.38. The number of anilines is 2. The third-order valence-corrected chi connectivity index (χ3v) is 5.09. The van der Waals surface area contributed by atoms with Crippen LogP contribution in [-0.4, -0.2) is 40.1 Å². The first-order valence-corrected chi connectivity index (χ1v) is 8.20. The van der Waals surface area contributed by atoms with Crippen LogP contribution >= 0.6 is 0 Å². The molecule has 2 atom stereocenters. The van der Waals surface area contributed by atoms with Crippen molar-refractivity contribution in [2.75, 3.05) is 22.9 Å². The molecule has 3 aliphatic rings. The minimum Gasteiger partial charge on any atom is -0.352 e. The second kappa shape index (κ2) is 5.57. The van der Waals surface area contributed by atoms with E-state index < -0.39 is 11.9 Å². The van der Waals surface area contributed by atoms with Gasteiger partial charge in [0.15, 0.2) is 0 Å². The number of piperazine rings is 1. The molecule has 0 saturated carbocycles. The molecule has 5 heterocycles. The topological polar surface area (TPSA) is 45.2 Å². The van der Waals surface area contributed by atoms with Crippen LogP contribution in [0, 0.1) is 13.8 Å². The zero-order valence-electron chi connectivity index (χ0n) is 14.0. The minimum absolute atomic E-state index is 0.157. The monoisotopic (exact) mass is 349 g/mol. The van der Waals surface area contributed by atoms with Gasteiger partial charge in [-0.25, -0.2) is 15.0 Å². The summed E-state index contributed by atoms with van der Waals surface area (Å²) in [6.07, 6.45) is -1.89. The van der Waals surface area contributed by atoms with Crippen molar-refractivity contribution in [3.05, 3.63) is 41.5 Å². The molecule has 2 aromatic rings. The van der Waals surface area contributed by atoms with E-state index >= 15 is 0 Å². The lowest BCUT2D eigenvalue weighted by molar-refractivity contribution is -0.141. The molecule has 0 N–H and O–H groups in total. The van der Waals surface area contributed by atoms with E-state index in [4.69, 9.17) is 0 Å². The molecule has 3 fully saturated rings. The minimum atomic E-state index is -4.42. The predicted molar refractivity (Wildman–Crippen MR) is 87.6 cm³/mol. The molecule has 2 aromatic heterocycles. The number of hydrogen-bond acceptors (Lipinski definition) is 5. The van der Waals surface area contributed by atoms with E-state index in [-0.39, 0.29) is 12.1 Å². The van der Waals surface area contributed by atoms with Gasteiger partial charge in [0, 0.05) is 24.3 Å². The third kappa shape index (κ3) is 2.69. The van der Waals surface area contributed by atoms with Crippen molar-refractivity contribution in [3.8, 4) is 0 Å². The Labute approximate surface area is 143 Å². The van der Waals surface area contributed by atoms with Crippen molar-refractivity contribution in [2.45, 2.75) is 38.5 Å². The summed E-state index contributed by atoms with van der Waals surface area (Å²) >= 11 is 0. The van der Waals surface area contributed by atoms with Crippen LogP contribution in [0.3, 0.4) is 0 Å². The van der Waals surface area contributed by atoms with Crippen molar-refractivity contribution in [1.29, 1.82) is 0 Å². The zero-order chi connectivity index (χ0) is 17.8. The fourth-order valence-corrected chi connectivity index (χ4v) is 3.73. The summed E-state index contributed by atoms with van der Waals surface area (Å²) in [5.41, 5.74) is 1.15. The van der Waals surface area contributed by atoms with Gasteiger partial charge in [0.1, 0.15) is 23.7 Å². The van der Waals surface area contributed by atoms with Crippen LogP contribution in [0.25, 0.3) is 0 Å². The molecule has 2 bridgehead atoms. The highest BCUT2D eigenvalue weighted by Gasteiger charge is 2.46. The van der Waals surface area contributed by atoms with E-state index in [0.29, 0.717) is 5.82 Å². The average molecular weight is 349 g/mol. The van der Waals surface area contributed by atoms with Gasteiger partial charge >= 0.3 is 6.18 Å².